The van der Waals surface area contributed by atoms with Crippen LogP contribution in [0.1, 0.15) is 0 Å². The van der Waals surface area contributed by atoms with Gasteiger partial charge in [-0.1, -0.05) is 109 Å². The van der Waals surface area contributed by atoms with E-state index in [-0.39, 0.29) is 0 Å². The van der Waals surface area contributed by atoms with Crippen LogP contribution < -0.4 is 0 Å². The van der Waals surface area contributed by atoms with Gasteiger partial charge < -0.3 is 13.3 Å². The number of furan rings is 3. The Labute approximate surface area is 279 Å². The summed E-state index contributed by atoms with van der Waals surface area (Å²) in [6.45, 7) is 0. The minimum Gasteiger partial charge on any atom is -0.455 e. The van der Waals surface area contributed by atoms with E-state index in [9.17, 15) is 0 Å². The van der Waals surface area contributed by atoms with Gasteiger partial charge in [-0.3, -0.25) is 0 Å². The fourth-order valence-corrected chi connectivity index (χ4v) is 7.69. The molecule has 0 spiro atoms. The van der Waals surface area contributed by atoms with Gasteiger partial charge in [0, 0.05) is 37.9 Å². The number of rotatable bonds is 3. The molecule has 4 heteroatoms. The molecule has 7 aromatic carbocycles. The minimum atomic E-state index is 0.649. The fraction of sp³-hybridized carbons (Fsp3) is 0. The van der Waals surface area contributed by atoms with Crippen molar-refractivity contribution < 1.29 is 13.3 Å². The molecule has 0 unspecified atom stereocenters. The highest BCUT2D eigenvalue weighted by Crippen LogP contribution is 2.46. The highest BCUT2D eigenvalue weighted by atomic mass is 16.3. The summed E-state index contributed by atoms with van der Waals surface area (Å²) in [7, 11) is 0. The zero-order valence-corrected chi connectivity index (χ0v) is 26.1. The highest BCUT2D eigenvalue weighted by Gasteiger charge is 2.22. The molecular formula is C45H25NO3. The van der Waals surface area contributed by atoms with Crippen LogP contribution in [0.4, 0.5) is 0 Å². The summed E-state index contributed by atoms with van der Waals surface area (Å²) in [5, 5.41) is 7.54. The van der Waals surface area contributed by atoms with Crippen LogP contribution in [0.3, 0.4) is 0 Å². The third-order valence-electron chi connectivity index (χ3n) is 9.87. The molecule has 4 nitrogen and oxygen atoms in total. The van der Waals surface area contributed by atoms with Gasteiger partial charge in [-0.15, -0.1) is 0 Å². The van der Waals surface area contributed by atoms with Crippen molar-refractivity contribution in [3.63, 3.8) is 0 Å². The Hall–Kier alpha value is -6.65. The van der Waals surface area contributed by atoms with Crippen molar-refractivity contribution in [3.05, 3.63) is 152 Å². The topological polar surface area (TPSA) is 52.3 Å². The first-order chi connectivity index (χ1) is 24.3. The van der Waals surface area contributed by atoms with Crippen LogP contribution in [0.25, 0.3) is 110 Å². The lowest BCUT2D eigenvalue weighted by molar-refractivity contribution is 0.656. The van der Waals surface area contributed by atoms with Crippen LogP contribution in [0.15, 0.2) is 165 Å². The number of para-hydroxylation sites is 4. The maximum Gasteiger partial charge on any atom is 0.228 e. The summed E-state index contributed by atoms with van der Waals surface area (Å²) >= 11 is 0. The molecule has 0 aliphatic heterocycles. The van der Waals surface area contributed by atoms with Crippen LogP contribution in [0, 0.1) is 0 Å². The third-order valence-corrected chi connectivity index (χ3v) is 9.87. The van der Waals surface area contributed by atoms with Gasteiger partial charge in [0.15, 0.2) is 0 Å². The quantitative estimate of drug-likeness (QED) is 0.196. The van der Waals surface area contributed by atoms with Gasteiger partial charge in [-0.2, -0.15) is 0 Å². The molecular weight excluding hydrogens is 602 g/mol. The Morgan fingerprint density at radius 3 is 1.47 bits per heavy atom. The molecule has 0 atom stereocenters. The van der Waals surface area contributed by atoms with Gasteiger partial charge in [0.2, 0.25) is 5.71 Å². The number of fused-ring (bicyclic) bond motifs is 10. The van der Waals surface area contributed by atoms with Crippen LogP contribution in [-0.4, -0.2) is 4.98 Å². The lowest BCUT2D eigenvalue weighted by Crippen LogP contribution is -1.88. The second-order valence-electron chi connectivity index (χ2n) is 12.6. The van der Waals surface area contributed by atoms with E-state index in [4.69, 9.17) is 18.2 Å². The fourth-order valence-electron chi connectivity index (χ4n) is 7.69. The van der Waals surface area contributed by atoms with Gasteiger partial charge in [0.25, 0.3) is 0 Å². The maximum absolute atomic E-state index is 6.60. The predicted molar refractivity (Wildman–Crippen MR) is 200 cm³/mol. The molecule has 0 bridgehead atoms. The summed E-state index contributed by atoms with van der Waals surface area (Å²) in [5.74, 6) is 0. The summed E-state index contributed by atoms with van der Waals surface area (Å²) < 4.78 is 19.5. The number of benzene rings is 7. The standard InChI is InChI=1S/C45H25NO3/c1-5-19-36-32(17-1)40(42-33-18-4-8-22-39(33)49-45(42)46-36)28-13-9-11-26(23-28)27-12-10-14-29(24-27)41-43-34(30-15-2-6-20-37(30)47-43)25-35-31-16-3-7-21-38(31)48-44(35)41/h1-25H. The Kier molecular flexibility index (Phi) is 5.35. The van der Waals surface area contributed by atoms with E-state index < -0.39 is 0 Å². The van der Waals surface area contributed by atoms with Crippen molar-refractivity contribution in [3.8, 4) is 33.4 Å². The second-order valence-corrected chi connectivity index (χ2v) is 12.6. The number of nitrogens with zero attached hydrogens (tertiary/aromatic N) is 1. The molecule has 0 radical (unpaired) electrons. The summed E-state index contributed by atoms with van der Waals surface area (Å²) in [6.07, 6.45) is 0. The Morgan fingerprint density at radius 1 is 0.347 bits per heavy atom. The smallest absolute Gasteiger partial charge is 0.228 e. The summed E-state index contributed by atoms with van der Waals surface area (Å²) in [6, 6.07) is 52.7. The molecule has 0 aliphatic rings. The van der Waals surface area contributed by atoms with Crippen LogP contribution in [0.2, 0.25) is 0 Å². The van der Waals surface area contributed by atoms with E-state index in [2.05, 4.69) is 109 Å². The summed E-state index contributed by atoms with van der Waals surface area (Å²) in [5.41, 5.74) is 12.2. The predicted octanol–water partition coefficient (Wildman–Crippen LogP) is 12.9. The highest BCUT2D eigenvalue weighted by molar-refractivity contribution is 6.22. The lowest BCUT2D eigenvalue weighted by atomic mass is 9.92. The molecule has 4 aromatic heterocycles. The Balaban J connectivity index is 1.15. The number of hydrogen-bond acceptors (Lipinski definition) is 4. The van der Waals surface area contributed by atoms with Crippen LogP contribution >= 0.6 is 0 Å². The molecule has 0 aliphatic carbocycles. The lowest BCUT2D eigenvalue weighted by Gasteiger charge is -2.12. The van der Waals surface area contributed by atoms with E-state index in [1.807, 2.05) is 42.5 Å². The van der Waals surface area contributed by atoms with Crippen molar-refractivity contribution in [2.45, 2.75) is 0 Å². The zero-order chi connectivity index (χ0) is 32.1. The SMILES string of the molecule is c1cc(-c2cccc(-c3c4ccccc4nc4oc5ccccc5c34)c2)cc(-c2c3oc4ccccc4c3cc3c2oc2ccccc23)c1. The second kappa shape index (κ2) is 9.93. The molecule has 4 heterocycles. The van der Waals surface area contributed by atoms with E-state index in [1.54, 1.807) is 0 Å². The van der Waals surface area contributed by atoms with Gasteiger partial charge >= 0.3 is 0 Å². The van der Waals surface area contributed by atoms with Gasteiger partial charge in [0.1, 0.15) is 27.9 Å². The van der Waals surface area contributed by atoms with Crippen LogP contribution in [0.5, 0.6) is 0 Å². The Morgan fingerprint density at radius 2 is 0.837 bits per heavy atom. The first-order valence-electron chi connectivity index (χ1n) is 16.5. The molecule has 0 N–H and O–H groups in total. The molecule has 0 amide bonds. The van der Waals surface area contributed by atoms with Crippen molar-refractivity contribution >= 4 is 76.8 Å². The van der Waals surface area contributed by atoms with E-state index in [0.717, 1.165) is 105 Å². The first kappa shape index (κ1) is 26.4. The van der Waals surface area contributed by atoms with Crippen molar-refractivity contribution in [2.75, 3.05) is 0 Å². The molecule has 11 rings (SSSR count). The summed E-state index contributed by atoms with van der Waals surface area (Å²) in [4.78, 5) is 4.92. The average molecular weight is 628 g/mol. The average Bonchev–Trinajstić information content (AvgIpc) is 3.84. The Bertz CT molecular complexity index is 3030. The molecule has 228 valence electrons. The number of hydrogen-bond donors (Lipinski definition) is 0. The largest absolute Gasteiger partial charge is 0.455 e. The molecule has 0 fully saturated rings. The first-order valence-corrected chi connectivity index (χ1v) is 16.5. The van der Waals surface area contributed by atoms with E-state index in [0.29, 0.717) is 5.71 Å². The van der Waals surface area contributed by atoms with Gasteiger partial charge in [-0.05, 0) is 64.7 Å². The molecule has 0 saturated heterocycles. The monoisotopic (exact) mass is 627 g/mol. The number of aromatic nitrogens is 1. The minimum absolute atomic E-state index is 0.649. The normalized spacial score (nSPS) is 12.1. The van der Waals surface area contributed by atoms with Crippen molar-refractivity contribution in [1.29, 1.82) is 0 Å². The zero-order valence-electron chi connectivity index (χ0n) is 26.1. The van der Waals surface area contributed by atoms with Gasteiger partial charge in [-0.25, -0.2) is 4.98 Å². The maximum atomic E-state index is 6.60. The van der Waals surface area contributed by atoms with Crippen LogP contribution in [-0.2, 0) is 0 Å². The van der Waals surface area contributed by atoms with Crippen molar-refractivity contribution in [2.24, 2.45) is 0 Å². The van der Waals surface area contributed by atoms with E-state index >= 15 is 0 Å². The van der Waals surface area contributed by atoms with Gasteiger partial charge in [0.05, 0.1) is 16.5 Å². The molecule has 11 aromatic rings. The third kappa shape index (κ3) is 3.83. The molecule has 0 saturated carbocycles. The van der Waals surface area contributed by atoms with E-state index in [1.165, 1.54) is 0 Å². The number of pyridine rings is 1. The van der Waals surface area contributed by atoms with Crippen molar-refractivity contribution in [1.82, 2.24) is 4.98 Å². The molecule has 49 heavy (non-hydrogen) atoms.